The lowest BCUT2D eigenvalue weighted by molar-refractivity contribution is -0.104. The number of fused-ring (bicyclic) bond motifs is 1. The van der Waals surface area contributed by atoms with Crippen LogP contribution in [0.15, 0.2) is 0 Å². The number of ether oxygens (including phenoxy) is 1. The van der Waals surface area contributed by atoms with Gasteiger partial charge in [0.25, 0.3) is 0 Å². The molecule has 1 N–H and O–H groups in total. The average molecular weight is 225 g/mol. The van der Waals surface area contributed by atoms with Gasteiger partial charge in [0.2, 0.25) is 0 Å². The molecule has 2 saturated heterocycles. The van der Waals surface area contributed by atoms with E-state index < -0.39 is 0 Å². The molecule has 92 valence electrons. The van der Waals surface area contributed by atoms with E-state index in [4.69, 9.17) is 4.74 Å². The molecule has 3 fully saturated rings. The van der Waals surface area contributed by atoms with Gasteiger partial charge in [-0.1, -0.05) is 12.8 Å². The van der Waals surface area contributed by atoms with Gasteiger partial charge in [-0.2, -0.15) is 0 Å². The molecule has 3 unspecified atom stereocenters. The summed E-state index contributed by atoms with van der Waals surface area (Å²) >= 11 is 0. The molecule has 16 heavy (non-hydrogen) atoms. The molecule has 2 heterocycles. The zero-order valence-corrected chi connectivity index (χ0v) is 9.98. The molecule has 3 nitrogen and oxygen atoms in total. The Morgan fingerprint density at radius 2 is 2.19 bits per heavy atom. The van der Waals surface area contributed by atoms with Crippen molar-refractivity contribution in [2.24, 2.45) is 5.92 Å². The fourth-order valence-corrected chi connectivity index (χ4v) is 3.07. The summed E-state index contributed by atoms with van der Waals surface area (Å²) in [5, 5.41) is 10.1. The van der Waals surface area contributed by atoms with Crippen LogP contribution in [0.25, 0.3) is 0 Å². The lowest BCUT2D eigenvalue weighted by Gasteiger charge is -2.37. The highest BCUT2D eigenvalue weighted by Gasteiger charge is 2.35. The molecular formula is C13H23NO2. The quantitative estimate of drug-likeness (QED) is 0.785. The monoisotopic (exact) mass is 225 g/mol. The van der Waals surface area contributed by atoms with Crippen molar-refractivity contribution in [2.75, 3.05) is 19.7 Å². The van der Waals surface area contributed by atoms with Crippen molar-refractivity contribution in [2.45, 2.75) is 56.8 Å². The molecular weight excluding hydrogens is 202 g/mol. The van der Waals surface area contributed by atoms with Gasteiger partial charge in [-0.15, -0.1) is 0 Å². The standard InChI is InChI=1S/C13H23NO2/c15-12(6-5-10-3-4-10)13-8-14-7-1-2-11(14)9-16-13/h10-13,15H,1-9H2. The number of hydrogen-bond donors (Lipinski definition) is 1. The van der Waals surface area contributed by atoms with Gasteiger partial charge in [-0.25, -0.2) is 0 Å². The third-order valence-corrected chi connectivity index (χ3v) is 4.41. The molecule has 3 heteroatoms. The Morgan fingerprint density at radius 1 is 1.31 bits per heavy atom. The summed E-state index contributed by atoms with van der Waals surface area (Å²) in [5.74, 6) is 0.915. The maximum Gasteiger partial charge on any atom is 0.0961 e. The van der Waals surface area contributed by atoms with Crippen molar-refractivity contribution in [1.29, 1.82) is 0 Å². The highest BCUT2D eigenvalue weighted by atomic mass is 16.5. The second kappa shape index (κ2) is 4.63. The van der Waals surface area contributed by atoms with Crippen molar-refractivity contribution in [3.63, 3.8) is 0 Å². The Bertz CT molecular complexity index is 242. The molecule has 1 aliphatic carbocycles. The molecule has 0 aromatic rings. The number of rotatable bonds is 4. The number of nitrogens with zero attached hydrogens (tertiary/aromatic N) is 1. The predicted molar refractivity (Wildman–Crippen MR) is 62.3 cm³/mol. The third kappa shape index (κ3) is 2.41. The van der Waals surface area contributed by atoms with Gasteiger partial charge in [-0.05, 0) is 38.1 Å². The maximum absolute atomic E-state index is 10.1. The molecule has 0 bridgehead atoms. The smallest absolute Gasteiger partial charge is 0.0961 e. The number of morpholine rings is 1. The molecule has 0 aromatic carbocycles. The van der Waals surface area contributed by atoms with Crippen LogP contribution < -0.4 is 0 Å². The Balaban J connectivity index is 1.46. The maximum atomic E-state index is 10.1. The zero-order valence-electron chi connectivity index (χ0n) is 9.98. The summed E-state index contributed by atoms with van der Waals surface area (Å²) in [7, 11) is 0. The van der Waals surface area contributed by atoms with Crippen LogP contribution >= 0.6 is 0 Å². The fourth-order valence-electron chi connectivity index (χ4n) is 3.07. The van der Waals surface area contributed by atoms with Crippen molar-refractivity contribution in [3.05, 3.63) is 0 Å². The molecule has 0 radical (unpaired) electrons. The van der Waals surface area contributed by atoms with E-state index in [-0.39, 0.29) is 12.2 Å². The minimum absolute atomic E-state index is 0.0769. The van der Waals surface area contributed by atoms with Crippen LogP contribution in [-0.4, -0.2) is 48.0 Å². The minimum Gasteiger partial charge on any atom is -0.390 e. The van der Waals surface area contributed by atoms with E-state index in [1.54, 1.807) is 0 Å². The summed E-state index contributed by atoms with van der Waals surface area (Å²) < 4.78 is 5.81. The van der Waals surface area contributed by atoms with E-state index in [0.717, 1.165) is 25.5 Å². The highest BCUT2D eigenvalue weighted by molar-refractivity contribution is 4.88. The van der Waals surface area contributed by atoms with Crippen LogP contribution in [0, 0.1) is 5.92 Å². The first-order chi connectivity index (χ1) is 7.83. The van der Waals surface area contributed by atoms with E-state index in [1.165, 1.54) is 38.6 Å². The lowest BCUT2D eigenvalue weighted by Crippen LogP contribution is -2.50. The number of aliphatic hydroxyl groups excluding tert-OH is 1. The SMILES string of the molecule is OC(CCC1CC1)C1CN2CCCC2CO1. The van der Waals surface area contributed by atoms with Crippen molar-refractivity contribution >= 4 is 0 Å². The molecule has 3 aliphatic rings. The van der Waals surface area contributed by atoms with E-state index in [2.05, 4.69) is 4.90 Å². The van der Waals surface area contributed by atoms with Crippen LogP contribution in [0.5, 0.6) is 0 Å². The van der Waals surface area contributed by atoms with E-state index in [9.17, 15) is 5.11 Å². The summed E-state index contributed by atoms with van der Waals surface area (Å²) in [6.07, 6.45) is 7.33. The highest BCUT2D eigenvalue weighted by Crippen LogP contribution is 2.34. The molecule has 0 aromatic heterocycles. The predicted octanol–water partition coefficient (Wildman–Crippen LogP) is 1.40. The van der Waals surface area contributed by atoms with Gasteiger partial charge >= 0.3 is 0 Å². The summed E-state index contributed by atoms with van der Waals surface area (Å²) in [6, 6.07) is 0.645. The lowest BCUT2D eigenvalue weighted by atomic mass is 10.0. The molecule has 1 saturated carbocycles. The fraction of sp³-hybridized carbons (Fsp3) is 1.00. The van der Waals surface area contributed by atoms with E-state index in [0.29, 0.717) is 6.04 Å². The first-order valence-electron chi connectivity index (χ1n) is 6.86. The third-order valence-electron chi connectivity index (χ3n) is 4.41. The van der Waals surface area contributed by atoms with Crippen LogP contribution in [0.4, 0.5) is 0 Å². The van der Waals surface area contributed by atoms with Gasteiger partial charge in [0.15, 0.2) is 0 Å². The van der Waals surface area contributed by atoms with Crippen molar-refractivity contribution < 1.29 is 9.84 Å². The Labute approximate surface area is 97.8 Å². The molecule has 0 amide bonds. The van der Waals surface area contributed by atoms with E-state index in [1.807, 2.05) is 0 Å². The van der Waals surface area contributed by atoms with Crippen molar-refractivity contribution in [3.8, 4) is 0 Å². The van der Waals surface area contributed by atoms with Gasteiger partial charge in [-0.3, -0.25) is 4.90 Å². The second-order valence-corrected chi connectivity index (χ2v) is 5.75. The Kier molecular flexibility index (Phi) is 3.18. The van der Waals surface area contributed by atoms with Crippen LogP contribution in [0.1, 0.15) is 38.5 Å². The first kappa shape index (κ1) is 11.0. The topological polar surface area (TPSA) is 32.7 Å². The second-order valence-electron chi connectivity index (χ2n) is 5.75. The molecule has 3 rings (SSSR count). The molecule has 0 spiro atoms. The summed E-state index contributed by atoms with van der Waals surface area (Å²) in [6.45, 7) is 3.00. The average Bonchev–Trinajstić information content (AvgIpc) is 3.01. The van der Waals surface area contributed by atoms with Gasteiger partial charge in [0.05, 0.1) is 18.8 Å². The van der Waals surface area contributed by atoms with Gasteiger partial charge in [0.1, 0.15) is 0 Å². The largest absolute Gasteiger partial charge is 0.390 e. The summed E-state index contributed by atoms with van der Waals surface area (Å²) in [4.78, 5) is 2.51. The number of hydrogen-bond acceptors (Lipinski definition) is 3. The van der Waals surface area contributed by atoms with Crippen LogP contribution in [0.3, 0.4) is 0 Å². The number of aliphatic hydroxyl groups is 1. The minimum atomic E-state index is -0.234. The van der Waals surface area contributed by atoms with Crippen molar-refractivity contribution in [1.82, 2.24) is 4.90 Å². The van der Waals surface area contributed by atoms with Crippen LogP contribution in [0.2, 0.25) is 0 Å². The Morgan fingerprint density at radius 3 is 3.00 bits per heavy atom. The van der Waals surface area contributed by atoms with Gasteiger partial charge in [0, 0.05) is 12.6 Å². The Hall–Kier alpha value is -0.120. The molecule has 2 aliphatic heterocycles. The summed E-state index contributed by atoms with van der Waals surface area (Å²) in [5.41, 5.74) is 0. The van der Waals surface area contributed by atoms with Gasteiger partial charge < -0.3 is 9.84 Å². The zero-order chi connectivity index (χ0) is 11.0. The van der Waals surface area contributed by atoms with Crippen LogP contribution in [-0.2, 0) is 4.74 Å². The molecule has 3 atom stereocenters. The normalized spacial score (nSPS) is 37.3. The van der Waals surface area contributed by atoms with E-state index >= 15 is 0 Å². The first-order valence-corrected chi connectivity index (χ1v) is 6.86.